The van der Waals surface area contributed by atoms with Crippen LogP contribution in [0.25, 0.3) is 6.08 Å². The van der Waals surface area contributed by atoms with Gasteiger partial charge in [-0.25, -0.2) is 0 Å². The van der Waals surface area contributed by atoms with Gasteiger partial charge in [0, 0.05) is 28.3 Å². The normalized spacial score (nSPS) is 20.9. The molecule has 0 saturated carbocycles. The SMILES string of the molecule is COc1cc(C2C(C(=O)c3ccccc3)N3c4ccccc4C=CC3C23C(=O)c2ccccc2C3=O)cc(OC)c1OC. The van der Waals surface area contributed by atoms with Gasteiger partial charge in [-0.1, -0.05) is 84.9 Å². The first-order valence-electron chi connectivity index (χ1n) is 14.1. The summed E-state index contributed by atoms with van der Waals surface area (Å²) in [6.45, 7) is 0. The van der Waals surface area contributed by atoms with E-state index in [0.29, 0.717) is 39.5 Å². The number of nitrogens with zero attached hydrogens (tertiary/aromatic N) is 1. The molecule has 0 bridgehead atoms. The standard InChI is InChI=1S/C36H29NO6/c1-41-27-19-23(20-28(42-2)33(27)43-3)30-31(32(38)22-12-5-4-6-13-22)37-26-16-10-7-11-21(26)17-18-29(37)36(30)34(39)24-14-8-9-15-25(24)35(36)40/h4-20,29-31H,1-3H3. The number of hydrogen-bond donors (Lipinski definition) is 0. The van der Waals surface area contributed by atoms with Crippen LogP contribution in [0.2, 0.25) is 0 Å². The van der Waals surface area contributed by atoms with E-state index >= 15 is 0 Å². The van der Waals surface area contributed by atoms with Crippen LogP contribution in [0.5, 0.6) is 17.2 Å². The Labute approximate surface area is 249 Å². The summed E-state index contributed by atoms with van der Waals surface area (Å²) in [5.41, 5.74) is 1.85. The maximum Gasteiger partial charge on any atom is 0.203 e. The molecule has 1 fully saturated rings. The maximum atomic E-state index is 14.8. The first-order valence-corrected chi connectivity index (χ1v) is 14.1. The van der Waals surface area contributed by atoms with Gasteiger partial charge in [0.2, 0.25) is 5.75 Å². The number of rotatable bonds is 6. The van der Waals surface area contributed by atoms with Gasteiger partial charge in [0.15, 0.2) is 28.8 Å². The van der Waals surface area contributed by atoms with Crippen LogP contribution in [0.1, 0.15) is 48.1 Å². The van der Waals surface area contributed by atoms with Crippen molar-refractivity contribution in [2.75, 3.05) is 26.2 Å². The zero-order chi connectivity index (χ0) is 29.9. The van der Waals surface area contributed by atoms with Gasteiger partial charge in [0.1, 0.15) is 11.5 Å². The fourth-order valence-corrected chi connectivity index (χ4v) is 7.34. The Balaban J connectivity index is 1.58. The molecule has 0 N–H and O–H groups in total. The van der Waals surface area contributed by atoms with E-state index in [1.165, 1.54) is 21.3 Å². The van der Waals surface area contributed by atoms with Crippen molar-refractivity contribution in [2.24, 2.45) is 5.41 Å². The van der Waals surface area contributed by atoms with E-state index in [1.54, 1.807) is 48.5 Å². The number of ketones is 3. The summed E-state index contributed by atoms with van der Waals surface area (Å²) in [5.74, 6) is -0.571. The van der Waals surface area contributed by atoms with E-state index < -0.39 is 23.4 Å². The number of anilines is 1. The van der Waals surface area contributed by atoms with Crippen LogP contribution in [-0.2, 0) is 0 Å². The second-order valence-corrected chi connectivity index (χ2v) is 11.0. The third-order valence-corrected chi connectivity index (χ3v) is 9.09. The predicted molar refractivity (Wildman–Crippen MR) is 163 cm³/mol. The summed E-state index contributed by atoms with van der Waals surface area (Å²) >= 11 is 0. The number of benzene rings is 4. The molecule has 4 aromatic rings. The van der Waals surface area contributed by atoms with Crippen molar-refractivity contribution < 1.29 is 28.6 Å². The topological polar surface area (TPSA) is 82.1 Å². The number of ether oxygens (including phenoxy) is 3. The van der Waals surface area contributed by atoms with E-state index in [4.69, 9.17) is 14.2 Å². The Morgan fingerprint density at radius 1 is 0.744 bits per heavy atom. The summed E-state index contributed by atoms with van der Waals surface area (Å²) < 4.78 is 17.0. The Morgan fingerprint density at radius 2 is 1.33 bits per heavy atom. The fraction of sp³-hybridized carbons (Fsp3) is 0.194. The molecule has 7 heteroatoms. The molecule has 1 aliphatic carbocycles. The molecule has 1 saturated heterocycles. The van der Waals surface area contributed by atoms with Crippen LogP contribution in [0.4, 0.5) is 5.69 Å². The van der Waals surface area contributed by atoms with Crippen LogP contribution < -0.4 is 19.1 Å². The van der Waals surface area contributed by atoms with Gasteiger partial charge in [-0.15, -0.1) is 0 Å². The highest BCUT2D eigenvalue weighted by atomic mass is 16.5. The number of Topliss-reactive ketones (excluding diaryl/α,β-unsaturated/α-hetero) is 3. The van der Waals surface area contributed by atoms with Crippen LogP contribution >= 0.6 is 0 Å². The highest BCUT2D eigenvalue weighted by Gasteiger charge is 2.71. The molecule has 7 rings (SSSR count). The first-order chi connectivity index (χ1) is 21.0. The number of fused-ring (bicyclic) bond motifs is 5. The third kappa shape index (κ3) is 3.57. The molecule has 2 heterocycles. The van der Waals surface area contributed by atoms with Crippen molar-refractivity contribution in [1.29, 1.82) is 0 Å². The molecule has 0 aromatic heterocycles. The van der Waals surface area contributed by atoms with Crippen molar-refractivity contribution in [3.8, 4) is 17.2 Å². The molecule has 3 aliphatic rings. The maximum absolute atomic E-state index is 14.8. The van der Waals surface area contributed by atoms with Crippen molar-refractivity contribution in [3.05, 3.63) is 125 Å². The van der Waals surface area contributed by atoms with Gasteiger partial charge in [-0.2, -0.15) is 0 Å². The van der Waals surface area contributed by atoms with Crippen molar-refractivity contribution in [1.82, 2.24) is 0 Å². The fourth-order valence-electron chi connectivity index (χ4n) is 7.34. The van der Waals surface area contributed by atoms with Gasteiger partial charge in [0.05, 0.1) is 27.4 Å². The summed E-state index contributed by atoms with van der Waals surface area (Å²) in [6.07, 6.45) is 3.86. The van der Waals surface area contributed by atoms with Crippen LogP contribution in [0.15, 0.2) is 97.1 Å². The van der Waals surface area contributed by atoms with E-state index in [0.717, 1.165) is 11.3 Å². The predicted octanol–water partition coefficient (Wildman–Crippen LogP) is 6.03. The van der Waals surface area contributed by atoms with Crippen LogP contribution in [-0.4, -0.2) is 50.8 Å². The van der Waals surface area contributed by atoms with Crippen LogP contribution in [0, 0.1) is 5.41 Å². The Kier molecular flexibility index (Phi) is 6.20. The zero-order valence-electron chi connectivity index (χ0n) is 23.9. The lowest BCUT2D eigenvalue weighted by molar-refractivity contribution is 0.0665. The molecule has 2 aliphatic heterocycles. The molecule has 0 amide bonds. The second-order valence-electron chi connectivity index (χ2n) is 11.0. The van der Waals surface area contributed by atoms with Gasteiger partial charge >= 0.3 is 0 Å². The van der Waals surface area contributed by atoms with Gasteiger partial charge in [-0.3, -0.25) is 14.4 Å². The molecule has 3 atom stereocenters. The quantitative estimate of drug-likeness (QED) is 0.207. The summed E-state index contributed by atoms with van der Waals surface area (Å²) in [4.78, 5) is 46.4. The van der Waals surface area contributed by atoms with E-state index in [9.17, 15) is 14.4 Å². The molecule has 0 radical (unpaired) electrons. The average Bonchev–Trinajstić information content (AvgIpc) is 3.50. The monoisotopic (exact) mass is 571 g/mol. The molecule has 214 valence electrons. The third-order valence-electron chi connectivity index (χ3n) is 9.09. The lowest BCUT2D eigenvalue weighted by Crippen LogP contribution is -2.48. The Bertz CT molecular complexity index is 1770. The molecular weight excluding hydrogens is 542 g/mol. The van der Waals surface area contributed by atoms with Gasteiger partial charge in [0.25, 0.3) is 0 Å². The minimum Gasteiger partial charge on any atom is -0.493 e. The zero-order valence-corrected chi connectivity index (χ0v) is 23.9. The van der Waals surface area contributed by atoms with Gasteiger partial charge < -0.3 is 19.1 Å². The highest BCUT2D eigenvalue weighted by molar-refractivity contribution is 6.32. The summed E-state index contributed by atoms with van der Waals surface area (Å²) in [6, 6.07) is 25.6. The molecule has 3 unspecified atom stereocenters. The lowest BCUT2D eigenvalue weighted by atomic mass is 9.64. The average molecular weight is 572 g/mol. The Morgan fingerprint density at radius 3 is 1.93 bits per heavy atom. The number of carbonyl (C=O) groups is 3. The van der Waals surface area contributed by atoms with Crippen molar-refractivity contribution in [3.63, 3.8) is 0 Å². The largest absolute Gasteiger partial charge is 0.493 e. The number of para-hydroxylation sites is 1. The highest BCUT2D eigenvalue weighted by Crippen LogP contribution is 2.61. The molecule has 4 aromatic carbocycles. The van der Waals surface area contributed by atoms with Gasteiger partial charge in [-0.05, 0) is 29.3 Å². The van der Waals surface area contributed by atoms with E-state index in [1.807, 2.05) is 59.5 Å². The van der Waals surface area contributed by atoms with Crippen molar-refractivity contribution in [2.45, 2.75) is 18.0 Å². The number of carbonyl (C=O) groups excluding carboxylic acids is 3. The van der Waals surface area contributed by atoms with E-state index in [-0.39, 0.29) is 17.3 Å². The minimum atomic E-state index is -1.63. The molecular formula is C36H29NO6. The number of methoxy groups -OCH3 is 3. The molecule has 43 heavy (non-hydrogen) atoms. The lowest BCUT2D eigenvalue weighted by Gasteiger charge is -2.37. The minimum absolute atomic E-state index is 0.192. The molecule has 1 spiro atoms. The first kappa shape index (κ1) is 26.7. The van der Waals surface area contributed by atoms with Crippen LogP contribution in [0.3, 0.4) is 0 Å². The summed E-state index contributed by atoms with van der Waals surface area (Å²) in [5, 5.41) is 0. The van der Waals surface area contributed by atoms with Crippen molar-refractivity contribution >= 4 is 29.1 Å². The second kappa shape index (κ2) is 9.98. The number of hydrogen-bond acceptors (Lipinski definition) is 7. The molecule has 7 nitrogen and oxygen atoms in total. The van der Waals surface area contributed by atoms with E-state index in [2.05, 4.69) is 0 Å². The Hall–Kier alpha value is -5.17. The summed E-state index contributed by atoms with van der Waals surface area (Å²) in [7, 11) is 4.55. The smallest absolute Gasteiger partial charge is 0.203 e.